The minimum atomic E-state index is 0.438. The van der Waals surface area contributed by atoms with Gasteiger partial charge in [-0.3, -0.25) is 0 Å². The van der Waals surface area contributed by atoms with Crippen molar-refractivity contribution < 1.29 is 0 Å². The van der Waals surface area contributed by atoms with Gasteiger partial charge in [0.1, 0.15) is 0 Å². The lowest BCUT2D eigenvalue weighted by Crippen LogP contribution is -1.87. The summed E-state index contributed by atoms with van der Waals surface area (Å²) in [5.41, 5.74) is 2.32. The summed E-state index contributed by atoms with van der Waals surface area (Å²) in [6.45, 7) is 0. The van der Waals surface area contributed by atoms with Crippen LogP contribution in [0, 0.1) is 11.3 Å². The average Bonchev–Trinajstić information content (AvgIpc) is 2.67. The number of hydrogen-bond donors (Lipinski definition) is 0. The fraction of sp³-hybridized carbons (Fsp3) is 0. The molecule has 1 nitrogen and oxygen atoms in total. The minimum Gasteiger partial charge on any atom is -0.192 e. The molecule has 0 aliphatic carbocycles. The van der Waals surface area contributed by atoms with Crippen LogP contribution in [0.2, 0.25) is 10.0 Å². The molecule has 0 saturated heterocycles. The molecule has 4 aromatic rings. The van der Waals surface area contributed by atoms with Crippen LogP contribution in [0.3, 0.4) is 0 Å². The van der Waals surface area contributed by atoms with Gasteiger partial charge in [-0.1, -0.05) is 77.8 Å². The van der Waals surface area contributed by atoms with Gasteiger partial charge in [0.15, 0.2) is 0 Å². The highest BCUT2D eigenvalue weighted by Gasteiger charge is 2.09. The number of fused-ring (bicyclic) bond motifs is 2. The lowest BCUT2D eigenvalue weighted by molar-refractivity contribution is 1.52. The molecule has 4 aromatic carbocycles. The molecule has 0 spiro atoms. The van der Waals surface area contributed by atoms with Crippen molar-refractivity contribution in [1.82, 2.24) is 0 Å². The Balaban J connectivity index is 2.03. The second-order valence-electron chi connectivity index (χ2n) is 6.03. The average molecular weight is 374 g/mol. The number of rotatable bonds is 2. The third kappa shape index (κ3) is 2.95. The molecular weight excluding hydrogens is 361 g/mol. The van der Waals surface area contributed by atoms with E-state index in [9.17, 15) is 5.26 Å². The van der Waals surface area contributed by atoms with Gasteiger partial charge in [0, 0.05) is 0 Å². The van der Waals surface area contributed by atoms with Gasteiger partial charge in [-0.2, -0.15) is 5.26 Å². The van der Waals surface area contributed by atoms with Crippen molar-refractivity contribution in [3.8, 4) is 6.07 Å². The van der Waals surface area contributed by atoms with Gasteiger partial charge in [0.2, 0.25) is 0 Å². The summed E-state index contributed by atoms with van der Waals surface area (Å²) < 4.78 is 0. The molecule has 0 unspecified atom stereocenters. The van der Waals surface area contributed by atoms with Crippen molar-refractivity contribution in [2.45, 2.75) is 0 Å². The Morgan fingerprint density at radius 2 is 1.38 bits per heavy atom. The highest BCUT2D eigenvalue weighted by Crippen LogP contribution is 2.33. The van der Waals surface area contributed by atoms with E-state index < -0.39 is 0 Å². The summed E-state index contributed by atoms with van der Waals surface area (Å²) in [7, 11) is 0. The SMILES string of the molecule is N#C/C(=C\c1c2ccccc2cc2ccccc12)c1ccc(Cl)c(Cl)c1. The normalized spacial score (nSPS) is 11.7. The van der Waals surface area contributed by atoms with Crippen molar-refractivity contribution >= 4 is 56.4 Å². The maximum Gasteiger partial charge on any atom is 0.0998 e. The second-order valence-corrected chi connectivity index (χ2v) is 6.85. The monoisotopic (exact) mass is 373 g/mol. The summed E-state index contributed by atoms with van der Waals surface area (Å²) in [4.78, 5) is 0. The molecule has 0 aliphatic rings. The third-order valence-corrected chi connectivity index (χ3v) is 5.19. The van der Waals surface area contributed by atoms with Crippen LogP contribution in [-0.4, -0.2) is 0 Å². The summed E-state index contributed by atoms with van der Waals surface area (Å²) in [6, 6.07) is 26.1. The first-order valence-corrected chi connectivity index (χ1v) is 8.90. The van der Waals surface area contributed by atoms with Crippen molar-refractivity contribution in [3.63, 3.8) is 0 Å². The van der Waals surface area contributed by atoms with Crippen molar-refractivity contribution in [2.24, 2.45) is 0 Å². The van der Waals surface area contributed by atoms with E-state index in [4.69, 9.17) is 23.2 Å². The maximum atomic E-state index is 9.75. The third-order valence-electron chi connectivity index (χ3n) is 4.45. The Morgan fingerprint density at radius 1 is 0.769 bits per heavy atom. The van der Waals surface area contributed by atoms with E-state index in [1.54, 1.807) is 12.1 Å². The molecule has 0 amide bonds. The van der Waals surface area contributed by atoms with Gasteiger partial charge in [-0.25, -0.2) is 0 Å². The van der Waals surface area contributed by atoms with Crippen LogP contribution in [-0.2, 0) is 0 Å². The standard InChI is InChI=1S/C23H13Cl2N/c24-22-10-9-15(13-23(22)25)18(14-26)12-21-19-7-3-1-5-16(19)11-17-6-2-4-8-20(17)21/h1-13H/b18-12+. The Labute approximate surface area is 161 Å². The molecule has 0 aliphatic heterocycles. The van der Waals surface area contributed by atoms with Crippen molar-refractivity contribution in [1.29, 1.82) is 5.26 Å². The zero-order valence-electron chi connectivity index (χ0n) is 13.7. The highest BCUT2D eigenvalue weighted by atomic mass is 35.5. The van der Waals surface area contributed by atoms with Gasteiger partial charge in [-0.15, -0.1) is 0 Å². The maximum absolute atomic E-state index is 9.75. The number of halogens is 2. The molecule has 0 saturated carbocycles. The quantitative estimate of drug-likeness (QED) is 0.204. The van der Waals surface area contributed by atoms with Crippen molar-refractivity contribution in [3.05, 3.63) is 94.0 Å². The number of allylic oxidation sites excluding steroid dienone is 1. The molecule has 0 bridgehead atoms. The predicted molar refractivity (Wildman–Crippen MR) is 111 cm³/mol. The summed E-state index contributed by atoms with van der Waals surface area (Å²) in [5.74, 6) is 0. The Hall–Kier alpha value is -2.79. The fourth-order valence-corrected chi connectivity index (χ4v) is 3.49. The number of nitrogens with zero attached hydrogens (tertiary/aromatic N) is 1. The Kier molecular flexibility index (Phi) is 4.39. The minimum absolute atomic E-state index is 0.438. The summed E-state index contributed by atoms with van der Waals surface area (Å²) in [6.07, 6.45) is 1.93. The molecule has 4 rings (SSSR count). The van der Waals surface area contributed by atoms with Crippen LogP contribution in [0.15, 0.2) is 72.8 Å². The summed E-state index contributed by atoms with van der Waals surface area (Å²) >= 11 is 12.2. The molecule has 0 fully saturated rings. The number of hydrogen-bond acceptors (Lipinski definition) is 1. The lowest BCUT2D eigenvalue weighted by Gasteiger charge is -2.09. The molecule has 0 aromatic heterocycles. The first-order chi connectivity index (χ1) is 12.7. The number of benzene rings is 4. The van der Waals surface area contributed by atoms with Gasteiger partial charge in [-0.05, 0) is 56.9 Å². The Morgan fingerprint density at radius 3 is 1.96 bits per heavy atom. The lowest BCUT2D eigenvalue weighted by atomic mass is 9.94. The smallest absolute Gasteiger partial charge is 0.0998 e. The predicted octanol–water partition coefficient (Wildman–Crippen LogP) is 7.36. The van der Waals surface area contributed by atoms with E-state index >= 15 is 0 Å². The zero-order chi connectivity index (χ0) is 18.1. The number of nitriles is 1. The van der Waals surface area contributed by atoms with Crippen LogP contribution in [0.25, 0.3) is 33.2 Å². The fourth-order valence-electron chi connectivity index (χ4n) is 3.19. The largest absolute Gasteiger partial charge is 0.192 e. The van der Waals surface area contributed by atoms with Crippen molar-refractivity contribution in [2.75, 3.05) is 0 Å². The molecule has 0 radical (unpaired) electrons. The topological polar surface area (TPSA) is 23.8 Å². The first-order valence-electron chi connectivity index (χ1n) is 8.15. The molecule has 0 N–H and O–H groups in total. The second kappa shape index (κ2) is 6.84. The van der Waals surface area contributed by atoms with E-state index in [0.717, 1.165) is 32.7 Å². The molecule has 124 valence electrons. The van der Waals surface area contributed by atoms with Crippen LogP contribution in [0.1, 0.15) is 11.1 Å². The molecule has 0 heterocycles. The summed E-state index contributed by atoms with van der Waals surface area (Å²) in [5, 5.41) is 15.2. The first kappa shape index (κ1) is 16.7. The van der Waals surface area contributed by atoms with Crippen LogP contribution < -0.4 is 0 Å². The van der Waals surface area contributed by atoms with E-state index in [2.05, 4.69) is 36.4 Å². The van der Waals surface area contributed by atoms with Crippen LogP contribution >= 0.6 is 23.2 Å². The molecular formula is C23H13Cl2N. The van der Waals surface area contributed by atoms with E-state index in [1.165, 1.54) is 0 Å². The zero-order valence-corrected chi connectivity index (χ0v) is 15.2. The van der Waals surface area contributed by atoms with Crippen LogP contribution in [0.4, 0.5) is 0 Å². The molecule has 0 atom stereocenters. The van der Waals surface area contributed by atoms with E-state index in [1.807, 2.05) is 36.4 Å². The van der Waals surface area contributed by atoms with E-state index in [0.29, 0.717) is 15.6 Å². The van der Waals surface area contributed by atoms with E-state index in [-0.39, 0.29) is 0 Å². The van der Waals surface area contributed by atoms with Crippen LogP contribution in [0.5, 0.6) is 0 Å². The Bertz CT molecular complexity index is 1160. The van der Waals surface area contributed by atoms with Gasteiger partial charge in [0.25, 0.3) is 0 Å². The molecule has 26 heavy (non-hydrogen) atoms. The van der Waals surface area contributed by atoms with Gasteiger partial charge < -0.3 is 0 Å². The van der Waals surface area contributed by atoms with Gasteiger partial charge in [0.05, 0.1) is 21.7 Å². The molecule has 3 heteroatoms. The van der Waals surface area contributed by atoms with Gasteiger partial charge >= 0.3 is 0 Å². The highest BCUT2D eigenvalue weighted by molar-refractivity contribution is 6.42.